The summed E-state index contributed by atoms with van der Waals surface area (Å²) >= 11 is 0. The molecule has 2 rings (SSSR count). The van der Waals surface area contributed by atoms with Gasteiger partial charge in [0.15, 0.2) is 0 Å². The zero-order chi connectivity index (χ0) is 17.0. The summed E-state index contributed by atoms with van der Waals surface area (Å²) in [6.45, 7) is 9.21. The Morgan fingerprint density at radius 2 is 2.17 bits per heavy atom. The van der Waals surface area contributed by atoms with Crippen molar-refractivity contribution >= 4 is 10.0 Å². The molecule has 1 aromatic carbocycles. The summed E-state index contributed by atoms with van der Waals surface area (Å²) < 4.78 is 46.2. The number of nitrogens with zero attached hydrogens (tertiary/aromatic N) is 1. The van der Waals surface area contributed by atoms with Gasteiger partial charge in [0, 0.05) is 26.2 Å². The van der Waals surface area contributed by atoms with E-state index in [4.69, 9.17) is 4.74 Å². The number of nitrogens with one attached hydrogen (secondary N) is 1. The summed E-state index contributed by atoms with van der Waals surface area (Å²) in [7, 11) is -3.73. The highest BCUT2D eigenvalue weighted by Crippen LogP contribution is 2.14. The van der Waals surface area contributed by atoms with Gasteiger partial charge in [-0.2, -0.15) is 0 Å². The van der Waals surface area contributed by atoms with E-state index in [9.17, 15) is 12.8 Å². The van der Waals surface area contributed by atoms with E-state index in [1.54, 1.807) is 6.92 Å². The van der Waals surface area contributed by atoms with Crippen molar-refractivity contribution in [1.82, 2.24) is 9.62 Å². The molecule has 1 aromatic rings. The number of halogens is 1. The fourth-order valence-electron chi connectivity index (χ4n) is 2.61. The van der Waals surface area contributed by atoms with Crippen LogP contribution in [0.15, 0.2) is 23.1 Å². The highest BCUT2D eigenvalue weighted by atomic mass is 32.2. The van der Waals surface area contributed by atoms with E-state index in [1.807, 2.05) is 0 Å². The number of sulfonamides is 1. The average Bonchev–Trinajstić information content (AvgIpc) is 2.48. The maximum Gasteiger partial charge on any atom is 0.240 e. The Morgan fingerprint density at radius 1 is 1.43 bits per heavy atom. The first-order chi connectivity index (χ1) is 10.8. The van der Waals surface area contributed by atoms with Gasteiger partial charge >= 0.3 is 0 Å². The standard InChI is InChI=1S/C16H25FN2O3S/c1-12(2)10-19-6-7-22-14(11-19)9-18-23(20,21)15-5-4-13(3)16(17)8-15/h4-5,8,12,14,18H,6-7,9-11H2,1-3H3/t14-/m1/s1. The van der Waals surface area contributed by atoms with Gasteiger partial charge in [0.1, 0.15) is 5.82 Å². The summed E-state index contributed by atoms with van der Waals surface area (Å²) in [5.74, 6) is 0.0332. The number of hydrogen-bond acceptors (Lipinski definition) is 4. The third-order valence-corrected chi connectivity index (χ3v) is 5.22. The van der Waals surface area contributed by atoms with E-state index in [0.717, 1.165) is 19.2 Å². The quantitative estimate of drug-likeness (QED) is 0.854. The molecule has 0 radical (unpaired) electrons. The van der Waals surface area contributed by atoms with Crippen LogP contribution in [0.5, 0.6) is 0 Å². The van der Waals surface area contributed by atoms with Crippen LogP contribution in [0.4, 0.5) is 4.39 Å². The van der Waals surface area contributed by atoms with Crippen molar-refractivity contribution in [2.24, 2.45) is 5.92 Å². The minimum absolute atomic E-state index is 0.0598. The van der Waals surface area contributed by atoms with Crippen LogP contribution in [-0.2, 0) is 14.8 Å². The van der Waals surface area contributed by atoms with Crippen LogP contribution in [0.1, 0.15) is 19.4 Å². The molecule has 7 heteroatoms. The molecule has 1 aliphatic heterocycles. The fraction of sp³-hybridized carbons (Fsp3) is 0.625. The smallest absolute Gasteiger partial charge is 0.240 e. The molecule has 5 nitrogen and oxygen atoms in total. The predicted octanol–water partition coefficient (Wildman–Crippen LogP) is 1.77. The van der Waals surface area contributed by atoms with Crippen LogP contribution >= 0.6 is 0 Å². The van der Waals surface area contributed by atoms with E-state index in [-0.39, 0.29) is 17.5 Å². The molecule has 23 heavy (non-hydrogen) atoms. The molecular formula is C16H25FN2O3S. The molecule has 0 unspecified atom stereocenters. The molecule has 1 atom stereocenters. The SMILES string of the molecule is Cc1ccc(S(=O)(=O)NC[C@@H]2CN(CC(C)C)CCO2)cc1F. The van der Waals surface area contributed by atoms with E-state index >= 15 is 0 Å². The minimum Gasteiger partial charge on any atom is -0.374 e. The Balaban J connectivity index is 1.94. The zero-order valence-corrected chi connectivity index (χ0v) is 14.7. The second kappa shape index (κ2) is 7.70. The third-order valence-electron chi connectivity index (χ3n) is 3.80. The Morgan fingerprint density at radius 3 is 2.83 bits per heavy atom. The van der Waals surface area contributed by atoms with Gasteiger partial charge in [0.25, 0.3) is 0 Å². The Kier molecular flexibility index (Phi) is 6.13. The van der Waals surface area contributed by atoms with Crippen LogP contribution in [0.3, 0.4) is 0 Å². The van der Waals surface area contributed by atoms with Crippen molar-refractivity contribution < 1.29 is 17.5 Å². The van der Waals surface area contributed by atoms with Gasteiger partial charge in [0.2, 0.25) is 10.0 Å². The summed E-state index contributed by atoms with van der Waals surface area (Å²) in [6.07, 6.45) is -0.187. The van der Waals surface area contributed by atoms with Crippen LogP contribution in [0.25, 0.3) is 0 Å². The molecule has 0 aliphatic carbocycles. The molecule has 130 valence electrons. The summed E-state index contributed by atoms with van der Waals surface area (Å²) in [5.41, 5.74) is 0.420. The molecule has 1 aliphatic rings. The van der Waals surface area contributed by atoms with Crippen LogP contribution in [0.2, 0.25) is 0 Å². The molecular weight excluding hydrogens is 319 g/mol. The lowest BCUT2D eigenvalue weighted by Gasteiger charge is -2.33. The first kappa shape index (κ1) is 18.3. The first-order valence-electron chi connectivity index (χ1n) is 7.87. The molecule has 0 saturated carbocycles. The predicted molar refractivity (Wildman–Crippen MR) is 87.3 cm³/mol. The number of aryl methyl sites for hydroxylation is 1. The van der Waals surface area contributed by atoms with E-state index in [0.29, 0.717) is 24.6 Å². The lowest BCUT2D eigenvalue weighted by molar-refractivity contribution is -0.0280. The molecule has 0 spiro atoms. The Bertz CT molecular complexity index is 634. The number of benzene rings is 1. The Hall–Kier alpha value is -1.02. The summed E-state index contributed by atoms with van der Waals surface area (Å²) in [6, 6.07) is 3.92. The molecule has 1 saturated heterocycles. The average molecular weight is 344 g/mol. The fourth-order valence-corrected chi connectivity index (χ4v) is 3.69. The summed E-state index contributed by atoms with van der Waals surface area (Å²) in [5, 5.41) is 0. The maximum atomic E-state index is 13.6. The molecule has 1 N–H and O–H groups in total. The molecule has 0 bridgehead atoms. The Labute approximate surface area is 137 Å². The lowest BCUT2D eigenvalue weighted by Crippen LogP contribution is -2.48. The number of morpholine rings is 1. The second-order valence-electron chi connectivity index (χ2n) is 6.41. The van der Waals surface area contributed by atoms with Crippen LogP contribution in [0, 0.1) is 18.7 Å². The van der Waals surface area contributed by atoms with Gasteiger partial charge in [-0.05, 0) is 30.5 Å². The van der Waals surface area contributed by atoms with Crippen LogP contribution in [-0.4, -0.2) is 52.2 Å². The van der Waals surface area contributed by atoms with Crippen molar-refractivity contribution in [2.45, 2.75) is 31.8 Å². The van der Waals surface area contributed by atoms with E-state index < -0.39 is 15.8 Å². The molecule has 0 amide bonds. The largest absolute Gasteiger partial charge is 0.374 e. The third kappa shape index (κ3) is 5.24. The van der Waals surface area contributed by atoms with Gasteiger partial charge in [-0.1, -0.05) is 19.9 Å². The van der Waals surface area contributed by atoms with E-state index in [1.165, 1.54) is 12.1 Å². The van der Waals surface area contributed by atoms with Gasteiger partial charge in [-0.25, -0.2) is 17.5 Å². The summed E-state index contributed by atoms with van der Waals surface area (Å²) in [4.78, 5) is 2.22. The monoisotopic (exact) mass is 344 g/mol. The highest BCUT2D eigenvalue weighted by Gasteiger charge is 2.23. The number of hydrogen-bond donors (Lipinski definition) is 1. The van der Waals surface area contributed by atoms with Crippen molar-refractivity contribution in [3.63, 3.8) is 0 Å². The zero-order valence-electron chi connectivity index (χ0n) is 13.9. The van der Waals surface area contributed by atoms with Crippen LogP contribution < -0.4 is 4.72 Å². The van der Waals surface area contributed by atoms with Gasteiger partial charge in [-0.3, -0.25) is 4.90 Å². The minimum atomic E-state index is -3.73. The van der Waals surface area contributed by atoms with Crippen molar-refractivity contribution in [1.29, 1.82) is 0 Å². The molecule has 1 fully saturated rings. The number of ether oxygens (including phenoxy) is 1. The van der Waals surface area contributed by atoms with Gasteiger partial charge in [-0.15, -0.1) is 0 Å². The molecule has 0 aromatic heterocycles. The highest BCUT2D eigenvalue weighted by molar-refractivity contribution is 7.89. The number of rotatable bonds is 6. The topological polar surface area (TPSA) is 58.6 Å². The van der Waals surface area contributed by atoms with Crippen molar-refractivity contribution in [3.8, 4) is 0 Å². The van der Waals surface area contributed by atoms with Crippen molar-refractivity contribution in [3.05, 3.63) is 29.6 Å². The maximum absolute atomic E-state index is 13.6. The van der Waals surface area contributed by atoms with Gasteiger partial charge < -0.3 is 4.74 Å². The van der Waals surface area contributed by atoms with Gasteiger partial charge in [0.05, 0.1) is 17.6 Å². The second-order valence-corrected chi connectivity index (χ2v) is 8.18. The first-order valence-corrected chi connectivity index (χ1v) is 9.36. The van der Waals surface area contributed by atoms with E-state index in [2.05, 4.69) is 23.5 Å². The lowest BCUT2D eigenvalue weighted by atomic mass is 10.2. The normalized spacial score (nSPS) is 20.1. The van der Waals surface area contributed by atoms with Crippen molar-refractivity contribution in [2.75, 3.05) is 32.8 Å². The molecule has 1 heterocycles.